The molecule has 11 heavy (non-hydrogen) atoms. The fraction of sp³-hybridized carbons (Fsp3) is 1.00. The third kappa shape index (κ3) is 2.77. The Labute approximate surface area is 78.9 Å². The fourth-order valence-corrected chi connectivity index (χ4v) is 2.67. The van der Waals surface area contributed by atoms with Gasteiger partial charge >= 0.3 is 0 Å². The number of rotatable bonds is 2. The summed E-state index contributed by atoms with van der Waals surface area (Å²) in [7, 11) is 0. The highest BCUT2D eigenvalue weighted by Gasteiger charge is 2.22. The predicted molar refractivity (Wildman–Crippen MR) is 54.1 cm³/mol. The van der Waals surface area contributed by atoms with Crippen molar-refractivity contribution >= 4 is 15.9 Å². The lowest BCUT2D eigenvalue weighted by molar-refractivity contribution is 0.229. The van der Waals surface area contributed by atoms with Gasteiger partial charge in [0.15, 0.2) is 0 Å². The van der Waals surface area contributed by atoms with Crippen molar-refractivity contribution in [2.24, 2.45) is 17.8 Å². The summed E-state index contributed by atoms with van der Waals surface area (Å²) in [4.78, 5) is 0. The van der Waals surface area contributed by atoms with Gasteiger partial charge in [-0.3, -0.25) is 0 Å². The van der Waals surface area contributed by atoms with E-state index in [2.05, 4.69) is 29.8 Å². The Hall–Kier alpha value is 0.480. The molecule has 66 valence electrons. The summed E-state index contributed by atoms with van der Waals surface area (Å²) in [5.74, 6) is 2.87. The zero-order chi connectivity index (χ0) is 8.27. The minimum Gasteiger partial charge on any atom is -0.0925 e. The maximum Gasteiger partial charge on any atom is 0.00597 e. The number of hydrogen-bond acceptors (Lipinski definition) is 0. The quantitative estimate of drug-likeness (QED) is 0.619. The van der Waals surface area contributed by atoms with Gasteiger partial charge in [0.25, 0.3) is 0 Å². The first-order valence-electron chi connectivity index (χ1n) is 4.80. The van der Waals surface area contributed by atoms with E-state index >= 15 is 0 Å². The van der Waals surface area contributed by atoms with Crippen molar-refractivity contribution in [3.8, 4) is 0 Å². The van der Waals surface area contributed by atoms with E-state index in [1.54, 1.807) is 0 Å². The molecule has 0 spiro atoms. The van der Waals surface area contributed by atoms with Crippen LogP contribution in [0.15, 0.2) is 0 Å². The van der Waals surface area contributed by atoms with Gasteiger partial charge in [-0.1, -0.05) is 42.6 Å². The van der Waals surface area contributed by atoms with E-state index < -0.39 is 0 Å². The zero-order valence-corrected chi connectivity index (χ0v) is 9.23. The summed E-state index contributed by atoms with van der Waals surface area (Å²) < 4.78 is 0. The molecule has 0 N–H and O–H groups in total. The van der Waals surface area contributed by atoms with Gasteiger partial charge in [-0.25, -0.2) is 0 Å². The standard InChI is InChI=1S/C10H19Br/c1-8(2)10-5-3-4-9(6-10)7-11/h8-10H,3-7H2,1-2H3. The van der Waals surface area contributed by atoms with Crippen LogP contribution in [0.2, 0.25) is 0 Å². The maximum atomic E-state index is 3.59. The smallest absolute Gasteiger partial charge is 0.00597 e. The molecule has 0 bridgehead atoms. The minimum atomic E-state index is 0.900. The van der Waals surface area contributed by atoms with E-state index in [-0.39, 0.29) is 0 Å². The Balaban J connectivity index is 2.33. The van der Waals surface area contributed by atoms with Gasteiger partial charge in [0.2, 0.25) is 0 Å². The average molecular weight is 219 g/mol. The first-order valence-corrected chi connectivity index (χ1v) is 5.92. The third-order valence-electron chi connectivity index (χ3n) is 2.98. The van der Waals surface area contributed by atoms with Crippen LogP contribution in [-0.2, 0) is 0 Å². The first kappa shape index (κ1) is 9.57. The molecule has 0 saturated heterocycles. The molecule has 1 rings (SSSR count). The first-order chi connectivity index (χ1) is 5.24. The largest absolute Gasteiger partial charge is 0.0925 e. The monoisotopic (exact) mass is 218 g/mol. The lowest BCUT2D eigenvalue weighted by Gasteiger charge is -2.30. The lowest BCUT2D eigenvalue weighted by Crippen LogP contribution is -2.20. The third-order valence-corrected chi connectivity index (χ3v) is 3.90. The molecule has 0 nitrogen and oxygen atoms in total. The van der Waals surface area contributed by atoms with Crippen LogP contribution in [0.4, 0.5) is 0 Å². The van der Waals surface area contributed by atoms with Gasteiger partial charge in [0.1, 0.15) is 0 Å². The van der Waals surface area contributed by atoms with Crippen molar-refractivity contribution in [1.29, 1.82) is 0 Å². The Morgan fingerprint density at radius 2 is 2.09 bits per heavy atom. The highest BCUT2D eigenvalue weighted by atomic mass is 79.9. The summed E-state index contributed by atoms with van der Waals surface area (Å²) in [6.07, 6.45) is 5.84. The molecule has 0 aromatic carbocycles. The second-order valence-electron chi connectivity index (χ2n) is 4.19. The molecule has 1 saturated carbocycles. The molecule has 0 aromatic heterocycles. The Bertz CT molecular complexity index is 109. The van der Waals surface area contributed by atoms with E-state index in [0.29, 0.717) is 0 Å². The minimum absolute atomic E-state index is 0.900. The van der Waals surface area contributed by atoms with Gasteiger partial charge in [-0.05, 0) is 30.6 Å². The summed E-state index contributed by atoms with van der Waals surface area (Å²) in [5.41, 5.74) is 0. The molecule has 0 heterocycles. The van der Waals surface area contributed by atoms with Crippen molar-refractivity contribution in [2.45, 2.75) is 39.5 Å². The molecule has 2 unspecified atom stereocenters. The van der Waals surface area contributed by atoms with Crippen LogP contribution in [0, 0.1) is 17.8 Å². The molecule has 1 aliphatic carbocycles. The summed E-state index contributed by atoms with van der Waals surface area (Å²) >= 11 is 3.59. The van der Waals surface area contributed by atoms with Crippen molar-refractivity contribution in [2.75, 3.05) is 5.33 Å². The summed E-state index contributed by atoms with van der Waals surface area (Å²) in [5, 5.41) is 1.22. The van der Waals surface area contributed by atoms with Gasteiger partial charge in [0.05, 0.1) is 0 Å². The van der Waals surface area contributed by atoms with Crippen LogP contribution in [0.5, 0.6) is 0 Å². The van der Waals surface area contributed by atoms with Crippen molar-refractivity contribution in [3.05, 3.63) is 0 Å². The number of halogens is 1. The molecule has 1 heteroatoms. The Morgan fingerprint density at radius 1 is 1.36 bits per heavy atom. The van der Waals surface area contributed by atoms with Crippen LogP contribution < -0.4 is 0 Å². The van der Waals surface area contributed by atoms with Gasteiger partial charge in [0, 0.05) is 5.33 Å². The molecule has 2 atom stereocenters. The highest BCUT2D eigenvalue weighted by molar-refractivity contribution is 9.09. The molecule has 1 aliphatic rings. The predicted octanol–water partition coefficient (Wildman–Crippen LogP) is 3.84. The van der Waals surface area contributed by atoms with Crippen molar-refractivity contribution in [3.63, 3.8) is 0 Å². The summed E-state index contributed by atoms with van der Waals surface area (Å²) in [6.45, 7) is 4.72. The topological polar surface area (TPSA) is 0 Å². The fourth-order valence-electron chi connectivity index (χ4n) is 2.08. The van der Waals surface area contributed by atoms with Gasteiger partial charge < -0.3 is 0 Å². The summed E-state index contributed by atoms with van der Waals surface area (Å²) in [6, 6.07) is 0. The number of hydrogen-bond donors (Lipinski definition) is 0. The van der Waals surface area contributed by atoms with Gasteiger partial charge in [-0.2, -0.15) is 0 Å². The van der Waals surface area contributed by atoms with E-state index in [4.69, 9.17) is 0 Å². The van der Waals surface area contributed by atoms with Crippen LogP contribution in [0.25, 0.3) is 0 Å². The Kier molecular flexibility index (Phi) is 3.91. The van der Waals surface area contributed by atoms with E-state index in [1.165, 1.54) is 31.0 Å². The van der Waals surface area contributed by atoms with Crippen LogP contribution in [-0.4, -0.2) is 5.33 Å². The second-order valence-corrected chi connectivity index (χ2v) is 4.84. The molecule has 0 amide bonds. The van der Waals surface area contributed by atoms with Crippen LogP contribution in [0.1, 0.15) is 39.5 Å². The van der Waals surface area contributed by atoms with Crippen LogP contribution >= 0.6 is 15.9 Å². The van der Waals surface area contributed by atoms with E-state index in [9.17, 15) is 0 Å². The average Bonchev–Trinajstić information content (AvgIpc) is 2.05. The molecular weight excluding hydrogens is 200 g/mol. The van der Waals surface area contributed by atoms with Gasteiger partial charge in [-0.15, -0.1) is 0 Å². The normalized spacial score (nSPS) is 32.7. The molecular formula is C10H19Br. The molecule has 0 aliphatic heterocycles. The molecule has 1 fully saturated rings. The van der Waals surface area contributed by atoms with E-state index in [0.717, 1.165) is 17.8 Å². The zero-order valence-electron chi connectivity index (χ0n) is 7.65. The SMILES string of the molecule is CC(C)C1CCCC(CBr)C1. The molecule has 0 radical (unpaired) electrons. The van der Waals surface area contributed by atoms with Crippen molar-refractivity contribution < 1.29 is 0 Å². The van der Waals surface area contributed by atoms with Crippen molar-refractivity contribution in [1.82, 2.24) is 0 Å². The Morgan fingerprint density at radius 3 is 2.64 bits per heavy atom. The highest BCUT2D eigenvalue weighted by Crippen LogP contribution is 2.34. The van der Waals surface area contributed by atoms with E-state index in [1.807, 2.05) is 0 Å². The number of alkyl halides is 1. The lowest BCUT2D eigenvalue weighted by atomic mass is 9.77. The second kappa shape index (κ2) is 4.49. The maximum absolute atomic E-state index is 3.59. The molecule has 0 aromatic rings. The van der Waals surface area contributed by atoms with Crippen LogP contribution in [0.3, 0.4) is 0 Å².